The van der Waals surface area contributed by atoms with Gasteiger partial charge in [0, 0.05) is 50.1 Å². The van der Waals surface area contributed by atoms with E-state index in [4.69, 9.17) is 21.1 Å². The summed E-state index contributed by atoms with van der Waals surface area (Å²) in [5.41, 5.74) is -0.509. The fourth-order valence-electron chi connectivity index (χ4n) is 5.06. The van der Waals surface area contributed by atoms with Gasteiger partial charge in [-0.15, -0.1) is 0 Å². The van der Waals surface area contributed by atoms with Crippen LogP contribution in [0.2, 0.25) is 5.02 Å². The number of halogens is 1. The van der Waals surface area contributed by atoms with Crippen LogP contribution in [0.4, 0.5) is 4.79 Å². The Bertz CT molecular complexity index is 1250. The number of hydrogen-bond acceptors (Lipinski definition) is 6. The second-order valence-corrected chi connectivity index (χ2v) is 11.9. The number of nitrogens with one attached hydrogen (secondary N) is 1. The molecule has 2 aromatic rings. The molecule has 2 fully saturated rings. The number of methoxy groups -OCH3 is 1. The molecule has 2 amide bonds. The normalized spacial score (nSPS) is 21.5. The third-order valence-electron chi connectivity index (χ3n) is 7.28. The van der Waals surface area contributed by atoms with E-state index in [1.165, 1.54) is 17.2 Å². The SMILES string of the molecule is COCCc1ccc(Cl)c(CN(C(=O)[C@H]2CN(C(=O)OC(C)(C)C)CC[C@]2(O)c2cc[nH]c(=O)c2)C2CC2)c1. The third kappa shape index (κ3) is 7.01. The lowest BCUT2D eigenvalue weighted by atomic mass is 9.75. The number of rotatable bonds is 8. The molecule has 9 nitrogen and oxygen atoms in total. The monoisotopic (exact) mass is 559 g/mol. The van der Waals surface area contributed by atoms with Crippen molar-refractivity contribution in [3.05, 3.63) is 68.6 Å². The van der Waals surface area contributed by atoms with Crippen molar-refractivity contribution in [1.29, 1.82) is 0 Å². The molecular formula is C29H38ClN3O6. The molecule has 1 aromatic heterocycles. The Balaban J connectivity index is 1.67. The minimum atomic E-state index is -1.64. The standard InChI is InChI=1S/C29H38ClN3O6/c1-28(2,3)39-27(36)32-13-11-29(37,21-9-12-31-25(34)16-21)23(18-32)26(35)33(22-6-7-22)17-20-15-19(10-14-38-4)5-8-24(20)30/h5,8-9,12,15-16,22-23,37H,6-7,10-11,13-14,17-18H2,1-4H3,(H,31,34)/t23-,29+/m1/s1. The highest BCUT2D eigenvalue weighted by molar-refractivity contribution is 6.31. The van der Waals surface area contributed by atoms with Crippen molar-refractivity contribution in [2.24, 2.45) is 5.92 Å². The molecule has 0 spiro atoms. The van der Waals surface area contributed by atoms with Gasteiger partial charge in [-0.25, -0.2) is 4.79 Å². The molecule has 1 aliphatic carbocycles. The molecule has 1 saturated heterocycles. The summed E-state index contributed by atoms with van der Waals surface area (Å²) in [6.45, 7) is 6.33. The van der Waals surface area contributed by atoms with Crippen LogP contribution >= 0.6 is 11.6 Å². The van der Waals surface area contributed by atoms with Gasteiger partial charge in [0.2, 0.25) is 11.5 Å². The lowest BCUT2D eigenvalue weighted by Gasteiger charge is -2.45. The Morgan fingerprint density at radius 2 is 1.97 bits per heavy atom. The predicted molar refractivity (Wildman–Crippen MR) is 147 cm³/mol. The van der Waals surface area contributed by atoms with Gasteiger partial charge in [0.05, 0.1) is 12.5 Å². The van der Waals surface area contributed by atoms with Crippen molar-refractivity contribution in [2.75, 3.05) is 26.8 Å². The smallest absolute Gasteiger partial charge is 0.410 e. The predicted octanol–water partition coefficient (Wildman–Crippen LogP) is 3.85. The van der Waals surface area contributed by atoms with E-state index in [0.717, 1.165) is 24.0 Å². The van der Waals surface area contributed by atoms with Gasteiger partial charge in [-0.05, 0) is 75.3 Å². The zero-order valence-corrected chi connectivity index (χ0v) is 23.8. The Labute approximate surface area is 234 Å². The Morgan fingerprint density at radius 3 is 2.62 bits per heavy atom. The minimum absolute atomic E-state index is 0.0107. The average molecular weight is 560 g/mol. The number of nitrogens with zero attached hydrogens (tertiary/aromatic N) is 2. The molecule has 2 heterocycles. The van der Waals surface area contributed by atoms with Crippen LogP contribution < -0.4 is 5.56 Å². The Morgan fingerprint density at radius 1 is 1.23 bits per heavy atom. The summed E-state index contributed by atoms with van der Waals surface area (Å²) in [7, 11) is 1.65. The van der Waals surface area contributed by atoms with Crippen molar-refractivity contribution < 1.29 is 24.2 Å². The highest BCUT2D eigenvalue weighted by Gasteiger charge is 2.51. The fraction of sp³-hybridized carbons (Fsp3) is 0.552. The molecule has 1 aromatic carbocycles. The molecule has 0 bridgehead atoms. The maximum Gasteiger partial charge on any atom is 0.410 e. The lowest BCUT2D eigenvalue weighted by molar-refractivity contribution is -0.155. The number of hydrogen-bond donors (Lipinski definition) is 2. The number of amides is 2. The first-order chi connectivity index (χ1) is 18.4. The van der Waals surface area contributed by atoms with E-state index in [2.05, 4.69) is 4.98 Å². The number of aliphatic hydroxyl groups is 1. The summed E-state index contributed by atoms with van der Waals surface area (Å²) in [5.74, 6) is -1.29. The molecule has 2 aliphatic rings. The molecule has 0 unspecified atom stereocenters. The summed E-state index contributed by atoms with van der Waals surface area (Å²) < 4.78 is 10.8. The summed E-state index contributed by atoms with van der Waals surface area (Å²) in [5, 5.41) is 12.6. The quantitative estimate of drug-likeness (QED) is 0.508. The molecular weight excluding hydrogens is 522 g/mol. The molecule has 10 heteroatoms. The first-order valence-electron chi connectivity index (χ1n) is 13.4. The van der Waals surface area contributed by atoms with Gasteiger partial charge >= 0.3 is 6.09 Å². The number of carbonyl (C=O) groups is 2. The number of ether oxygens (including phenoxy) is 2. The van der Waals surface area contributed by atoms with E-state index in [1.807, 2.05) is 18.2 Å². The number of pyridine rings is 1. The van der Waals surface area contributed by atoms with E-state index < -0.39 is 23.2 Å². The zero-order chi connectivity index (χ0) is 28.4. The first-order valence-corrected chi connectivity index (χ1v) is 13.8. The summed E-state index contributed by atoms with van der Waals surface area (Å²) >= 11 is 6.56. The van der Waals surface area contributed by atoms with Crippen LogP contribution in [0.25, 0.3) is 0 Å². The van der Waals surface area contributed by atoms with Crippen molar-refractivity contribution in [2.45, 2.75) is 70.2 Å². The van der Waals surface area contributed by atoms with Crippen LogP contribution in [0, 0.1) is 5.92 Å². The molecule has 1 aliphatic heterocycles. The number of benzene rings is 1. The van der Waals surface area contributed by atoms with Gasteiger partial charge in [0.15, 0.2) is 0 Å². The Kier molecular flexibility index (Phi) is 8.73. The number of H-pyrrole nitrogens is 1. The highest BCUT2D eigenvalue weighted by atomic mass is 35.5. The molecule has 212 valence electrons. The van der Waals surface area contributed by atoms with Gasteiger partial charge in [0.25, 0.3) is 0 Å². The van der Waals surface area contributed by atoms with Gasteiger partial charge in [-0.3, -0.25) is 9.59 Å². The van der Waals surface area contributed by atoms with Crippen molar-refractivity contribution in [3.8, 4) is 0 Å². The van der Waals surface area contributed by atoms with Gasteiger partial charge in [-0.1, -0.05) is 23.7 Å². The van der Waals surface area contributed by atoms with E-state index >= 15 is 0 Å². The number of likely N-dealkylation sites (tertiary alicyclic amines) is 1. The molecule has 1 saturated carbocycles. The first kappa shape index (κ1) is 29.1. The van der Waals surface area contributed by atoms with E-state index in [0.29, 0.717) is 23.6 Å². The number of carbonyl (C=O) groups excluding carboxylic acids is 2. The minimum Gasteiger partial charge on any atom is -0.444 e. The zero-order valence-electron chi connectivity index (χ0n) is 23.0. The van der Waals surface area contributed by atoms with Gasteiger partial charge < -0.3 is 29.4 Å². The van der Waals surface area contributed by atoms with Crippen molar-refractivity contribution in [3.63, 3.8) is 0 Å². The van der Waals surface area contributed by atoms with Crippen molar-refractivity contribution in [1.82, 2.24) is 14.8 Å². The number of piperidine rings is 1. The van der Waals surface area contributed by atoms with Crippen LogP contribution in [0.1, 0.15) is 56.7 Å². The van der Waals surface area contributed by atoms with E-state index in [9.17, 15) is 19.5 Å². The van der Waals surface area contributed by atoms with E-state index in [-0.39, 0.29) is 43.6 Å². The second kappa shape index (κ2) is 11.7. The average Bonchev–Trinajstić information content (AvgIpc) is 3.71. The van der Waals surface area contributed by atoms with E-state index in [1.54, 1.807) is 38.8 Å². The summed E-state index contributed by atoms with van der Waals surface area (Å²) in [6.07, 6.45) is 3.41. The molecule has 39 heavy (non-hydrogen) atoms. The Hall–Kier alpha value is -2.88. The second-order valence-electron chi connectivity index (χ2n) is 11.5. The van der Waals surface area contributed by atoms with Crippen LogP contribution in [-0.2, 0) is 32.8 Å². The van der Waals surface area contributed by atoms with Crippen LogP contribution in [0.15, 0.2) is 41.3 Å². The van der Waals surface area contributed by atoms with Crippen LogP contribution in [0.3, 0.4) is 0 Å². The molecule has 2 atom stereocenters. The highest BCUT2D eigenvalue weighted by Crippen LogP contribution is 2.41. The maximum absolute atomic E-state index is 14.3. The molecule has 2 N–H and O–H groups in total. The van der Waals surface area contributed by atoms with Gasteiger partial charge in [-0.2, -0.15) is 0 Å². The van der Waals surface area contributed by atoms with Crippen LogP contribution in [-0.4, -0.2) is 70.3 Å². The maximum atomic E-state index is 14.3. The summed E-state index contributed by atoms with van der Waals surface area (Å²) in [4.78, 5) is 45.2. The largest absolute Gasteiger partial charge is 0.444 e. The molecule has 4 rings (SSSR count). The number of aromatic amines is 1. The lowest BCUT2D eigenvalue weighted by Crippen LogP contribution is -2.58. The summed E-state index contributed by atoms with van der Waals surface area (Å²) in [6, 6.07) is 8.70. The fourth-order valence-corrected chi connectivity index (χ4v) is 5.24. The number of aromatic nitrogens is 1. The van der Waals surface area contributed by atoms with Crippen LogP contribution in [0.5, 0.6) is 0 Å². The van der Waals surface area contributed by atoms with Gasteiger partial charge in [0.1, 0.15) is 11.2 Å². The van der Waals surface area contributed by atoms with Crippen molar-refractivity contribution >= 4 is 23.6 Å². The molecule has 0 radical (unpaired) electrons. The third-order valence-corrected chi connectivity index (χ3v) is 7.65. The topological polar surface area (TPSA) is 112 Å².